The number of esters is 1. The first kappa shape index (κ1) is 19.5. The largest absolute Gasteiger partial charge is 0.486 e. The molecular formula is C20H24ClNO5. The van der Waals surface area contributed by atoms with Crippen LogP contribution in [-0.2, 0) is 9.53 Å². The zero-order valence-electron chi connectivity index (χ0n) is 15.4. The fourth-order valence-electron chi connectivity index (χ4n) is 3.13. The van der Waals surface area contributed by atoms with Crippen molar-refractivity contribution in [1.29, 1.82) is 0 Å². The van der Waals surface area contributed by atoms with Gasteiger partial charge in [0.1, 0.15) is 13.2 Å². The molecule has 146 valence electrons. The van der Waals surface area contributed by atoms with Crippen molar-refractivity contribution >= 4 is 23.5 Å². The minimum Gasteiger partial charge on any atom is -0.486 e. The molecule has 1 atom stereocenters. The predicted octanol–water partition coefficient (Wildman–Crippen LogP) is 3.66. The van der Waals surface area contributed by atoms with E-state index in [4.69, 9.17) is 25.8 Å². The van der Waals surface area contributed by atoms with Crippen LogP contribution in [0.15, 0.2) is 23.8 Å². The second-order valence-corrected chi connectivity index (χ2v) is 7.09. The van der Waals surface area contributed by atoms with Gasteiger partial charge in [-0.1, -0.05) is 23.3 Å². The SMILES string of the molecule is C[C@@H](OC(=O)c1cc(Cl)c2c(c1)OCCO2)C(=O)NCCC1=CCCCC1. The van der Waals surface area contributed by atoms with E-state index in [1.54, 1.807) is 6.92 Å². The van der Waals surface area contributed by atoms with Crippen LogP contribution in [0.4, 0.5) is 0 Å². The molecule has 1 N–H and O–H groups in total. The van der Waals surface area contributed by atoms with E-state index in [0.717, 1.165) is 19.3 Å². The summed E-state index contributed by atoms with van der Waals surface area (Å²) in [6.45, 7) is 2.89. The number of rotatable bonds is 6. The molecule has 0 unspecified atom stereocenters. The number of nitrogens with one attached hydrogen (secondary N) is 1. The summed E-state index contributed by atoms with van der Waals surface area (Å²) in [7, 11) is 0. The molecule has 27 heavy (non-hydrogen) atoms. The van der Waals surface area contributed by atoms with Crippen molar-refractivity contribution in [3.8, 4) is 11.5 Å². The lowest BCUT2D eigenvalue weighted by Crippen LogP contribution is -2.36. The molecule has 0 radical (unpaired) electrons. The molecule has 6 nitrogen and oxygen atoms in total. The molecule has 3 rings (SSSR count). The fraction of sp³-hybridized carbons (Fsp3) is 0.500. The molecular weight excluding hydrogens is 370 g/mol. The third-order valence-electron chi connectivity index (χ3n) is 4.62. The second kappa shape index (κ2) is 9.13. The number of carbonyl (C=O) groups is 2. The number of fused-ring (bicyclic) bond motifs is 1. The number of carbonyl (C=O) groups excluding carboxylic acids is 2. The van der Waals surface area contributed by atoms with Gasteiger partial charge in [-0.25, -0.2) is 4.79 Å². The Hall–Kier alpha value is -2.21. The molecule has 7 heteroatoms. The zero-order chi connectivity index (χ0) is 19.2. The molecule has 0 spiro atoms. The standard InChI is InChI=1S/C20H24ClNO5/c1-13(19(23)22-8-7-14-5-3-2-4-6-14)27-20(24)15-11-16(21)18-17(12-15)25-9-10-26-18/h5,11-13H,2-4,6-10H2,1H3,(H,22,23)/t13-/m1/s1. The summed E-state index contributed by atoms with van der Waals surface area (Å²) in [6.07, 6.45) is 6.87. The van der Waals surface area contributed by atoms with Gasteiger partial charge < -0.3 is 19.5 Å². The summed E-state index contributed by atoms with van der Waals surface area (Å²) in [5.41, 5.74) is 1.60. The summed E-state index contributed by atoms with van der Waals surface area (Å²) in [4.78, 5) is 24.5. The van der Waals surface area contributed by atoms with Gasteiger partial charge in [0.05, 0.1) is 10.6 Å². The van der Waals surface area contributed by atoms with Gasteiger partial charge in [-0.05, 0) is 51.2 Å². The number of ether oxygens (including phenoxy) is 3. The monoisotopic (exact) mass is 393 g/mol. The van der Waals surface area contributed by atoms with Crippen LogP contribution < -0.4 is 14.8 Å². The van der Waals surface area contributed by atoms with Crippen molar-refractivity contribution < 1.29 is 23.8 Å². The van der Waals surface area contributed by atoms with Crippen molar-refractivity contribution in [3.63, 3.8) is 0 Å². The average molecular weight is 394 g/mol. The number of halogens is 1. The van der Waals surface area contributed by atoms with E-state index in [1.165, 1.54) is 30.5 Å². The highest BCUT2D eigenvalue weighted by atomic mass is 35.5. The first-order chi connectivity index (χ1) is 13.0. The average Bonchev–Trinajstić information content (AvgIpc) is 2.68. The zero-order valence-corrected chi connectivity index (χ0v) is 16.1. The van der Waals surface area contributed by atoms with E-state index in [0.29, 0.717) is 31.3 Å². The molecule has 1 aromatic carbocycles. The van der Waals surface area contributed by atoms with Crippen LogP contribution in [-0.4, -0.2) is 37.7 Å². The molecule has 1 aliphatic carbocycles. The van der Waals surface area contributed by atoms with E-state index in [-0.39, 0.29) is 16.5 Å². The number of hydrogen-bond acceptors (Lipinski definition) is 5. The van der Waals surface area contributed by atoms with Crippen molar-refractivity contribution in [3.05, 3.63) is 34.4 Å². The van der Waals surface area contributed by atoms with Crippen molar-refractivity contribution in [2.45, 2.75) is 45.1 Å². The summed E-state index contributed by atoms with van der Waals surface area (Å²) in [6, 6.07) is 2.97. The molecule has 1 aliphatic heterocycles. The maximum Gasteiger partial charge on any atom is 0.339 e. The lowest BCUT2D eigenvalue weighted by atomic mass is 9.97. The Morgan fingerprint density at radius 1 is 1.26 bits per heavy atom. The van der Waals surface area contributed by atoms with Crippen LogP contribution in [0.3, 0.4) is 0 Å². The molecule has 0 fully saturated rings. The van der Waals surface area contributed by atoms with Crippen LogP contribution >= 0.6 is 11.6 Å². The molecule has 1 amide bonds. The Morgan fingerprint density at radius 2 is 2.07 bits per heavy atom. The van der Waals surface area contributed by atoms with Crippen LogP contribution in [0, 0.1) is 0 Å². The van der Waals surface area contributed by atoms with Crippen molar-refractivity contribution in [2.24, 2.45) is 0 Å². The fourth-order valence-corrected chi connectivity index (χ4v) is 3.40. The van der Waals surface area contributed by atoms with E-state index >= 15 is 0 Å². The summed E-state index contributed by atoms with van der Waals surface area (Å²) in [5, 5.41) is 3.10. The Morgan fingerprint density at radius 3 is 2.85 bits per heavy atom. The lowest BCUT2D eigenvalue weighted by molar-refractivity contribution is -0.129. The minimum atomic E-state index is -0.898. The normalized spacial score (nSPS) is 16.9. The van der Waals surface area contributed by atoms with E-state index < -0.39 is 12.1 Å². The highest BCUT2D eigenvalue weighted by molar-refractivity contribution is 6.32. The lowest BCUT2D eigenvalue weighted by Gasteiger charge is -2.20. The van der Waals surface area contributed by atoms with Gasteiger partial charge in [0, 0.05) is 6.54 Å². The Balaban J connectivity index is 1.51. The van der Waals surface area contributed by atoms with Crippen molar-refractivity contribution in [2.75, 3.05) is 19.8 Å². The summed E-state index contributed by atoms with van der Waals surface area (Å²) < 4.78 is 16.1. The topological polar surface area (TPSA) is 73.9 Å². The van der Waals surface area contributed by atoms with Crippen LogP contribution in [0.2, 0.25) is 5.02 Å². The molecule has 0 saturated heterocycles. The Kier molecular flexibility index (Phi) is 6.61. The number of amides is 1. The molecule has 2 aliphatic rings. The van der Waals surface area contributed by atoms with Gasteiger partial charge in [0.15, 0.2) is 17.6 Å². The highest BCUT2D eigenvalue weighted by Crippen LogP contribution is 2.38. The number of benzene rings is 1. The van der Waals surface area contributed by atoms with Crippen LogP contribution in [0.25, 0.3) is 0 Å². The maximum atomic E-state index is 12.4. The molecule has 0 saturated carbocycles. The highest BCUT2D eigenvalue weighted by Gasteiger charge is 2.23. The quantitative estimate of drug-likeness (QED) is 0.589. The second-order valence-electron chi connectivity index (χ2n) is 6.68. The summed E-state index contributed by atoms with van der Waals surface area (Å²) in [5.74, 6) is -0.129. The van der Waals surface area contributed by atoms with Crippen molar-refractivity contribution in [1.82, 2.24) is 5.32 Å². The number of allylic oxidation sites excluding steroid dienone is 1. The van der Waals surface area contributed by atoms with Gasteiger partial charge in [-0.2, -0.15) is 0 Å². The van der Waals surface area contributed by atoms with Crippen LogP contribution in [0.5, 0.6) is 11.5 Å². The van der Waals surface area contributed by atoms with E-state index in [9.17, 15) is 9.59 Å². The minimum absolute atomic E-state index is 0.219. The first-order valence-corrected chi connectivity index (χ1v) is 9.68. The van der Waals surface area contributed by atoms with Gasteiger partial charge >= 0.3 is 5.97 Å². The smallest absolute Gasteiger partial charge is 0.339 e. The predicted molar refractivity (Wildman–Crippen MR) is 101 cm³/mol. The summed E-state index contributed by atoms with van der Waals surface area (Å²) >= 11 is 6.14. The molecule has 0 bridgehead atoms. The van der Waals surface area contributed by atoms with Gasteiger partial charge in [0.25, 0.3) is 5.91 Å². The first-order valence-electron chi connectivity index (χ1n) is 9.30. The Labute approximate surface area is 163 Å². The van der Waals surface area contributed by atoms with Gasteiger partial charge in [-0.15, -0.1) is 0 Å². The van der Waals surface area contributed by atoms with Crippen LogP contribution in [0.1, 0.15) is 49.4 Å². The third kappa shape index (κ3) is 5.16. The Bertz CT molecular complexity index is 746. The van der Waals surface area contributed by atoms with E-state index in [2.05, 4.69) is 11.4 Å². The maximum absolute atomic E-state index is 12.4. The van der Waals surface area contributed by atoms with Gasteiger partial charge in [-0.3, -0.25) is 4.79 Å². The molecule has 0 aromatic heterocycles. The van der Waals surface area contributed by atoms with Gasteiger partial charge in [0.2, 0.25) is 0 Å². The van der Waals surface area contributed by atoms with E-state index in [1.807, 2.05) is 0 Å². The molecule has 1 aromatic rings. The number of hydrogen-bond donors (Lipinski definition) is 1. The molecule has 1 heterocycles. The third-order valence-corrected chi connectivity index (χ3v) is 4.90.